The summed E-state index contributed by atoms with van der Waals surface area (Å²) in [6, 6.07) is 0. The second kappa shape index (κ2) is 5.11. The van der Waals surface area contributed by atoms with Crippen LogP contribution in [-0.2, 0) is 0 Å². The van der Waals surface area contributed by atoms with Crippen molar-refractivity contribution in [1.29, 1.82) is 0 Å². The molecule has 0 aliphatic carbocycles. The van der Waals surface area contributed by atoms with Gasteiger partial charge in [0.05, 0.1) is 6.10 Å². The van der Waals surface area contributed by atoms with E-state index in [0.29, 0.717) is 5.03 Å². The number of halogens is 2. The van der Waals surface area contributed by atoms with Gasteiger partial charge in [0.2, 0.25) is 5.28 Å². The maximum absolute atomic E-state index is 9.28. The molecule has 1 heterocycles. The zero-order valence-corrected chi connectivity index (χ0v) is 9.94. The number of hydrogen-bond acceptors (Lipinski definition) is 5. The van der Waals surface area contributed by atoms with Gasteiger partial charge in [0, 0.05) is 5.25 Å². The molecule has 0 saturated heterocycles. The Kier molecular flexibility index (Phi) is 4.37. The molecule has 0 bridgehead atoms. The summed E-state index contributed by atoms with van der Waals surface area (Å²) < 4.78 is 0. The smallest absolute Gasteiger partial charge is 0.244 e. The first-order valence-corrected chi connectivity index (χ1v) is 5.54. The second-order valence-corrected chi connectivity index (χ2v) is 4.80. The van der Waals surface area contributed by atoms with E-state index in [1.165, 1.54) is 11.8 Å². The Hall–Kier alpha value is -0.100. The molecular formula is C7H9Cl2N3OS. The minimum atomic E-state index is -0.454. The van der Waals surface area contributed by atoms with E-state index in [-0.39, 0.29) is 15.7 Å². The Morgan fingerprint density at radius 3 is 2.50 bits per heavy atom. The van der Waals surface area contributed by atoms with Crippen LogP contribution >= 0.6 is 35.0 Å². The highest BCUT2D eigenvalue weighted by Crippen LogP contribution is 2.28. The van der Waals surface area contributed by atoms with Crippen molar-refractivity contribution in [1.82, 2.24) is 15.2 Å². The van der Waals surface area contributed by atoms with Crippen LogP contribution < -0.4 is 0 Å². The van der Waals surface area contributed by atoms with Crippen LogP contribution in [0.25, 0.3) is 0 Å². The van der Waals surface area contributed by atoms with Gasteiger partial charge in [-0.05, 0) is 18.5 Å². The molecule has 2 unspecified atom stereocenters. The van der Waals surface area contributed by atoms with E-state index in [1.807, 2.05) is 6.92 Å². The summed E-state index contributed by atoms with van der Waals surface area (Å²) >= 11 is 12.6. The summed E-state index contributed by atoms with van der Waals surface area (Å²) in [5.74, 6) is 0. The number of aliphatic hydroxyl groups is 1. The molecule has 0 radical (unpaired) electrons. The normalized spacial score (nSPS) is 15.2. The van der Waals surface area contributed by atoms with Crippen LogP contribution in [0.1, 0.15) is 13.8 Å². The summed E-state index contributed by atoms with van der Waals surface area (Å²) in [6.07, 6.45) is -0.454. The minimum Gasteiger partial charge on any atom is -0.392 e. The van der Waals surface area contributed by atoms with Crippen LogP contribution in [0.2, 0.25) is 10.4 Å². The lowest BCUT2D eigenvalue weighted by atomic mass is 10.3. The molecular weight excluding hydrogens is 245 g/mol. The van der Waals surface area contributed by atoms with Gasteiger partial charge in [-0.25, -0.2) is 4.98 Å². The standard InChI is InChI=1S/C7H9Cl2N3OS/c1-3(13)4(2)14-6-5(8)11-12-7(9)10-6/h3-4,13H,1-2H3. The summed E-state index contributed by atoms with van der Waals surface area (Å²) in [4.78, 5) is 3.91. The molecule has 2 atom stereocenters. The molecule has 78 valence electrons. The Morgan fingerprint density at radius 1 is 1.29 bits per heavy atom. The van der Waals surface area contributed by atoms with Crippen LogP contribution in [-0.4, -0.2) is 31.6 Å². The Bertz CT molecular complexity index is 324. The number of nitrogens with zero attached hydrogens (tertiary/aromatic N) is 3. The van der Waals surface area contributed by atoms with E-state index in [1.54, 1.807) is 6.92 Å². The number of aliphatic hydroxyl groups excluding tert-OH is 1. The lowest BCUT2D eigenvalue weighted by Gasteiger charge is -2.13. The van der Waals surface area contributed by atoms with Gasteiger partial charge in [-0.1, -0.05) is 30.3 Å². The number of rotatable bonds is 3. The fourth-order valence-electron chi connectivity index (χ4n) is 0.630. The first-order chi connectivity index (χ1) is 6.50. The van der Waals surface area contributed by atoms with E-state index >= 15 is 0 Å². The predicted octanol–water partition coefficient (Wildman–Crippen LogP) is 2.04. The molecule has 0 saturated carbocycles. The summed E-state index contributed by atoms with van der Waals surface area (Å²) in [5.41, 5.74) is 0. The van der Waals surface area contributed by atoms with Gasteiger partial charge in [0.1, 0.15) is 5.03 Å². The third-order valence-electron chi connectivity index (χ3n) is 1.57. The molecule has 4 nitrogen and oxygen atoms in total. The molecule has 1 aromatic heterocycles. The average Bonchev–Trinajstić information content (AvgIpc) is 2.11. The maximum Gasteiger partial charge on any atom is 0.244 e. The summed E-state index contributed by atoms with van der Waals surface area (Å²) in [5, 5.41) is 17.1. The van der Waals surface area contributed by atoms with Crippen LogP contribution in [0.3, 0.4) is 0 Å². The first kappa shape index (κ1) is 12.0. The Balaban J connectivity index is 2.80. The summed E-state index contributed by atoms with van der Waals surface area (Å²) in [6.45, 7) is 3.56. The van der Waals surface area contributed by atoms with Gasteiger partial charge in [0.15, 0.2) is 5.15 Å². The quantitative estimate of drug-likeness (QED) is 0.836. The van der Waals surface area contributed by atoms with Crippen LogP contribution in [0.4, 0.5) is 0 Å². The van der Waals surface area contributed by atoms with Crippen molar-refractivity contribution in [3.05, 3.63) is 10.4 Å². The summed E-state index contributed by atoms with van der Waals surface area (Å²) in [7, 11) is 0. The van der Waals surface area contributed by atoms with Crippen molar-refractivity contribution < 1.29 is 5.11 Å². The highest BCUT2D eigenvalue weighted by Gasteiger charge is 2.15. The topological polar surface area (TPSA) is 58.9 Å². The van der Waals surface area contributed by atoms with Gasteiger partial charge < -0.3 is 5.11 Å². The molecule has 1 N–H and O–H groups in total. The Labute approximate surface area is 96.0 Å². The first-order valence-electron chi connectivity index (χ1n) is 3.91. The van der Waals surface area contributed by atoms with Crippen molar-refractivity contribution in [2.45, 2.75) is 30.2 Å². The van der Waals surface area contributed by atoms with E-state index in [2.05, 4.69) is 15.2 Å². The zero-order valence-electron chi connectivity index (χ0n) is 7.61. The molecule has 7 heteroatoms. The molecule has 0 aliphatic rings. The largest absolute Gasteiger partial charge is 0.392 e. The number of hydrogen-bond donors (Lipinski definition) is 1. The molecule has 0 spiro atoms. The van der Waals surface area contributed by atoms with E-state index in [4.69, 9.17) is 23.2 Å². The average molecular weight is 254 g/mol. The highest BCUT2D eigenvalue weighted by atomic mass is 35.5. The lowest BCUT2D eigenvalue weighted by Crippen LogP contribution is -2.15. The van der Waals surface area contributed by atoms with Crippen LogP contribution in [0.5, 0.6) is 0 Å². The minimum absolute atomic E-state index is 0.0275. The van der Waals surface area contributed by atoms with Crippen molar-refractivity contribution in [3.8, 4) is 0 Å². The van der Waals surface area contributed by atoms with Gasteiger partial charge in [0.25, 0.3) is 0 Å². The molecule has 0 amide bonds. The highest BCUT2D eigenvalue weighted by molar-refractivity contribution is 8.00. The van der Waals surface area contributed by atoms with Crippen LogP contribution in [0.15, 0.2) is 5.03 Å². The fraction of sp³-hybridized carbons (Fsp3) is 0.571. The zero-order chi connectivity index (χ0) is 10.7. The number of aromatic nitrogens is 3. The second-order valence-electron chi connectivity index (χ2n) is 2.74. The fourth-order valence-corrected chi connectivity index (χ4v) is 1.84. The van der Waals surface area contributed by atoms with Gasteiger partial charge >= 0.3 is 0 Å². The SMILES string of the molecule is CC(O)C(C)Sc1nc(Cl)nnc1Cl. The van der Waals surface area contributed by atoms with E-state index < -0.39 is 6.10 Å². The molecule has 0 aliphatic heterocycles. The molecule has 0 aromatic carbocycles. The van der Waals surface area contributed by atoms with E-state index in [9.17, 15) is 5.11 Å². The molecule has 14 heavy (non-hydrogen) atoms. The van der Waals surface area contributed by atoms with Crippen molar-refractivity contribution >= 4 is 35.0 Å². The predicted molar refractivity (Wildman–Crippen MR) is 56.8 cm³/mol. The van der Waals surface area contributed by atoms with E-state index in [0.717, 1.165) is 0 Å². The third-order valence-corrected chi connectivity index (χ3v) is 3.37. The lowest BCUT2D eigenvalue weighted by molar-refractivity contribution is 0.196. The van der Waals surface area contributed by atoms with Crippen molar-refractivity contribution in [2.75, 3.05) is 0 Å². The molecule has 1 rings (SSSR count). The Morgan fingerprint density at radius 2 is 1.93 bits per heavy atom. The maximum atomic E-state index is 9.28. The molecule has 0 fully saturated rings. The van der Waals surface area contributed by atoms with Crippen molar-refractivity contribution in [3.63, 3.8) is 0 Å². The monoisotopic (exact) mass is 253 g/mol. The van der Waals surface area contributed by atoms with Crippen molar-refractivity contribution in [2.24, 2.45) is 0 Å². The molecule has 1 aromatic rings. The van der Waals surface area contributed by atoms with Crippen LogP contribution in [0, 0.1) is 0 Å². The third kappa shape index (κ3) is 3.24. The van der Waals surface area contributed by atoms with Gasteiger partial charge in [-0.15, -0.1) is 10.2 Å². The number of thioether (sulfide) groups is 1. The van der Waals surface area contributed by atoms with Gasteiger partial charge in [-0.2, -0.15) is 0 Å². The van der Waals surface area contributed by atoms with Gasteiger partial charge in [-0.3, -0.25) is 0 Å².